The molecule has 1 aromatic heterocycles. The number of hydrogen-bond acceptors (Lipinski definition) is 3. The smallest absolute Gasteiger partial charge is 0.0671 e. The number of benzene rings is 2. The topological polar surface area (TPSA) is 29.3 Å². The van der Waals surface area contributed by atoms with Gasteiger partial charge in [0.15, 0.2) is 0 Å². The molecule has 0 bridgehead atoms. The molecular weight excluding hydrogens is 252 g/mol. The highest BCUT2D eigenvalue weighted by Crippen LogP contribution is 2.38. The van der Waals surface area contributed by atoms with E-state index in [1.54, 1.807) is 11.3 Å². The van der Waals surface area contributed by atoms with E-state index in [2.05, 4.69) is 54.6 Å². The van der Waals surface area contributed by atoms with Crippen LogP contribution in [0.5, 0.6) is 0 Å². The van der Waals surface area contributed by atoms with Crippen molar-refractivity contribution in [2.24, 2.45) is 0 Å². The Morgan fingerprint density at radius 1 is 1.05 bits per heavy atom. The average molecular weight is 268 g/mol. The molecule has 3 heteroatoms. The number of anilines is 3. The van der Waals surface area contributed by atoms with Gasteiger partial charge in [-0.3, -0.25) is 0 Å². The lowest BCUT2D eigenvalue weighted by Crippen LogP contribution is -2.12. The Labute approximate surface area is 117 Å². The normalized spacial score (nSPS) is 10.8. The number of nitrogen functional groups attached to an aromatic ring is 1. The summed E-state index contributed by atoms with van der Waals surface area (Å²) in [6.45, 7) is 2.09. The largest absolute Gasteiger partial charge is 0.397 e. The summed E-state index contributed by atoms with van der Waals surface area (Å²) >= 11 is 1.77. The van der Waals surface area contributed by atoms with E-state index in [0.717, 1.165) is 11.4 Å². The highest BCUT2D eigenvalue weighted by Gasteiger charge is 2.13. The predicted octanol–water partition coefficient (Wildman–Crippen LogP) is 4.56. The molecule has 2 nitrogen and oxygen atoms in total. The van der Waals surface area contributed by atoms with Gasteiger partial charge in [0.05, 0.1) is 17.1 Å². The second-order valence-electron chi connectivity index (χ2n) is 4.69. The van der Waals surface area contributed by atoms with Crippen LogP contribution in [0.1, 0.15) is 5.56 Å². The lowest BCUT2D eigenvalue weighted by atomic mass is 10.1. The SMILES string of the molecule is Cc1cccc(N)c1N(C)c1csc2ccccc12. The number of rotatable bonds is 2. The maximum absolute atomic E-state index is 6.13. The first-order valence-corrected chi connectivity index (χ1v) is 7.11. The summed E-state index contributed by atoms with van der Waals surface area (Å²) in [4.78, 5) is 2.18. The summed E-state index contributed by atoms with van der Waals surface area (Å²) in [7, 11) is 2.08. The Bertz CT molecular complexity index is 710. The molecular formula is C16H16N2S. The number of nitrogens with two attached hydrogens (primary N) is 1. The van der Waals surface area contributed by atoms with Gasteiger partial charge in [-0.05, 0) is 24.6 Å². The summed E-state index contributed by atoms with van der Waals surface area (Å²) in [6, 6.07) is 14.5. The maximum Gasteiger partial charge on any atom is 0.0671 e. The molecule has 2 aromatic carbocycles. The van der Waals surface area contributed by atoms with Crippen molar-refractivity contribution in [1.82, 2.24) is 0 Å². The zero-order chi connectivity index (χ0) is 13.4. The summed E-state index contributed by atoms with van der Waals surface area (Å²) in [6.07, 6.45) is 0. The Balaban J connectivity index is 2.16. The number of thiophene rings is 1. The summed E-state index contributed by atoms with van der Waals surface area (Å²) < 4.78 is 1.30. The third-order valence-corrected chi connectivity index (χ3v) is 4.38. The number of aryl methyl sites for hydroxylation is 1. The van der Waals surface area contributed by atoms with Gasteiger partial charge in [0.25, 0.3) is 0 Å². The van der Waals surface area contributed by atoms with E-state index in [0.29, 0.717) is 0 Å². The highest BCUT2D eigenvalue weighted by molar-refractivity contribution is 7.17. The van der Waals surface area contributed by atoms with Crippen LogP contribution in [0.25, 0.3) is 10.1 Å². The van der Waals surface area contributed by atoms with Crippen LogP contribution < -0.4 is 10.6 Å². The second-order valence-corrected chi connectivity index (χ2v) is 5.60. The Kier molecular flexibility index (Phi) is 2.91. The van der Waals surface area contributed by atoms with E-state index >= 15 is 0 Å². The molecule has 96 valence electrons. The van der Waals surface area contributed by atoms with Crippen molar-refractivity contribution in [2.45, 2.75) is 6.92 Å². The van der Waals surface area contributed by atoms with E-state index in [9.17, 15) is 0 Å². The second kappa shape index (κ2) is 4.59. The number of para-hydroxylation sites is 1. The minimum atomic E-state index is 0.817. The van der Waals surface area contributed by atoms with E-state index in [1.165, 1.54) is 21.3 Å². The molecule has 0 aliphatic carbocycles. The van der Waals surface area contributed by atoms with Gasteiger partial charge >= 0.3 is 0 Å². The van der Waals surface area contributed by atoms with Crippen LogP contribution in [0.3, 0.4) is 0 Å². The summed E-state index contributed by atoms with van der Waals surface area (Å²) in [5, 5.41) is 3.47. The molecule has 0 unspecified atom stereocenters. The third kappa shape index (κ3) is 1.96. The summed E-state index contributed by atoms with van der Waals surface area (Å²) in [5.41, 5.74) is 10.4. The Morgan fingerprint density at radius 3 is 2.63 bits per heavy atom. The number of nitrogens with zero attached hydrogens (tertiary/aromatic N) is 1. The maximum atomic E-state index is 6.13. The van der Waals surface area contributed by atoms with Crippen LogP contribution >= 0.6 is 11.3 Å². The first kappa shape index (κ1) is 12.1. The number of hydrogen-bond donors (Lipinski definition) is 1. The zero-order valence-corrected chi connectivity index (χ0v) is 11.9. The van der Waals surface area contributed by atoms with Crippen molar-refractivity contribution in [3.63, 3.8) is 0 Å². The molecule has 0 saturated carbocycles. The average Bonchev–Trinajstić information content (AvgIpc) is 2.82. The molecule has 1 heterocycles. The van der Waals surface area contributed by atoms with Crippen LogP contribution in [-0.4, -0.2) is 7.05 Å². The molecule has 19 heavy (non-hydrogen) atoms. The van der Waals surface area contributed by atoms with Gasteiger partial charge < -0.3 is 10.6 Å². The van der Waals surface area contributed by atoms with Crippen molar-refractivity contribution in [3.8, 4) is 0 Å². The minimum Gasteiger partial charge on any atom is -0.397 e. The summed E-state index contributed by atoms with van der Waals surface area (Å²) in [5.74, 6) is 0. The minimum absolute atomic E-state index is 0.817. The van der Waals surface area contributed by atoms with Crippen molar-refractivity contribution < 1.29 is 0 Å². The lowest BCUT2D eigenvalue weighted by molar-refractivity contribution is 1.20. The monoisotopic (exact) mass is 268 g/mol. The Morgan fingerprint density at radius 2 is 1.84 bits per heavy atom. The molecule has 0 saturated heterocycles. The fraction of sp³-hybridized carbons (Fsp3) is 0.125. The molecule has 3 rings (SSSR count). The molecule has 3 aromatic rings. The molecule has 0 aliphatic heterocycles. The van der Waals surface area contributed by atoms with E-state index < -0.39 is 0 Å². The van der Waals surface area contributed by atoms with E-state index in [-0.39, 0.29) is 0 Å². The van der Waals surface area contributed by atoms with E-state index in [4.69, 9.17) is 5.73 Å². The van der Waals surface area contributed by atoms with Gasteiger partial charge in [-0.25, -0.2) is 0 Å². The molecule has 0 aliphatic rings. The van der Waals surface area contributed by atoms with Crippen LogP contribution in [0.2, 0.25) is 0 Å². The first-order valence-electron chi connectivity index (χ1n) is 6.23. The Hall–Kier alpha value is -2.00. The standard InChI is InChI=1S/C16H16N2S/c1-11-6-5-8-13(17)16(11)18(2)14-10-19-15-9-4-3-7-12(14)15/h3-10H,17H2,1-2H3. The van der Waals surface area contributed by atoms with Crippen LogP contribution in [0, 0.1) is 6.92 Å². The predicted molar refractivity (Wildman–Crippen MR) is 85.5 cm³/mol. The van der Waals surface area contributed by atoms with Gasteiger partial charge in [0, 0.05) is 22.5 Å². The van der Waals surface area contributed by atoms with E-state index in [1.807, 2.05) is 12.1 Å². The lowest BCUT2D eigenvalue weighted by Gasteiger charge is -2.22. The van der Waals surface area contributed by atoms with Crippen molar-refractivity contribution >= 4 is 38.5 Å². The molecule has 0 atom stereocenters. The highest BCUT2D eigenvalue weighted by atomic mass is 32.1. The zero-order valence-electron chi connectivity index (χ0n) is 11.1. The molecule has 0 amide bonds. The fourth-order valence-electron chi connectivity index (χ4n) is 2.48. The molecule has 0 spiro atoms. The molecule has 0 radical (unpaired) electrons. The third-order valence-electron chi connectivity index (χ3n) is 3.43. The van der Waals surface area contributed by atoms with Crippen LogP contribution in [-0.2, 0) is 0 Å². The number of fused-ring (bicyclic) bond motifs is 1. The van der Waals surface area contributed by atoms with Crippen LogP contribution in [0.4, 0.5) is 17.1 Å². The quantitative estimate of drug-likeness (QED) is 0.690. The van der Waals surface area contributed by atoms with Gasteiger partial charge in [-0.15, -0.1) is 11.3 Å². The molecule has 2 N–H and O–H groups in total. The fourth-order valence-corrected chi connectivity index (χ4v) is 3.46. The van der Waals surface area contributed by atoms with Gasteiger partial charge in [0.1, 0.15) is 0 Å². The first-order chi connectivity index (χ1) is 9.18. The van der Waals surface area contributed by atoms with Crippen molar-refractivity contribution in [2.75, 3.05) is 17.7 Å². The van der Waals surface area contributed by atoms with Gasteiger partial charge in [0.2, 0.25) is 0 Å². The van der Waals surface area contributed by atoms with Gasteiger partial charge in [-0.1, -0.05) is 30.3 Å². The molecule has 0 fully saturated rings. The van der Waals surface area contributed by atoms with Crippen LogP contribution in [0.15, 0.2) is 47.8 Å². The van der Waals surface area contributed by atoms with Crippen molar-refractivity contribution in [3.05, 3.63) is 53.4 Å². The van der Waals surface area contributed by atoms with Gasteiger partial charge in [-0.2, -0.15) is 0 Å². The van der Waals surface area contributed by atoms with Crippen molar-refractivity contribution in [1.29, 1.82) is 0 Å².